The molecule has 1 spiro atoms. The SMILES string of the molecule is CCCCCCC(=O)N1CCC2(CC1)SCCN2C(=O)c1ccc(C(F)(F)F)cc1. The number of halogens is 3. The topological polar surface area (TPSA) is 40.6 Å². The molecule has 0 aromatic heterocycles. The molecule has 1 aromatic rings. The predicted molar refractivity (Wildman–Crippen MR) is 112 cm³/mol. The molecule has 2 fully saturated rings. The zero-order valence-electron chi connectivity index (χ0n) is 17.3. The Labute approximate surface area is 180 Å². The quantitative estimate of drug-likeness (QED) is 0.570. The lowest BCUT2D eigenvalue weighted by Gasteiger charge is -2.44. The molecule has 8 heteroatoms. The maximum absolute atomic E-state index is 13.1. The number of rotatable bonds is 6. The average Bonchev–Trinajstić information content (AvgIpc) is 3.13. The van der Waals surface area contributed by atoms with Gasteiger partial charge in [0.1, 0.15) is 0 Å². The van der Waals surface area contributed by atoms with Gasteiger partial charge in [-0.05, 0) is 43.5 Å². The zero-order chi connectivity index (χ0) is 21.8. The number of amides is 2. The highest BCUT2D eigenvalue weighted by atomic mass is 32.2. The first kappa shape index (κ1) is 23.0. The third-order valence-corrected chi connectivity index (χ3v) is 7.58. The monoisotopic (exact) mass is 442 g/mol. The molecule has 0 unspecified atom stereocenters. The summed E-state index contributed by atoms with van der Waals surface area (Å²) >= 11 is 1.73. The maximum atomic E-state index is 13.1. The molecule has 2 aliphatic rings. The third-order valence-electron chi connectivity index (χ3n) is 6.02. The van der Waals surface area contributed by atoms with Crippen molar-refractivity contribution < 1.29 is 22.8 Å². The summed E-state index contributed by atoms with van der Waals surface area (Å²) in [5.41, 5.74) is -0.477. The second kappa shape index (κ2) is 9.62. The van der Waals surface area contributed by atoms with Crippen LogP contribution in [-0.2, 0) is 11.0 Å². The molecule has 2 aliphatic heterocycles. The van der Waals surface area contributed by atoms with E-state index in [1.54, 1.807) is 11.8 Å². The fourth-order valence-electron chi connectivity index (χ4n) is 4.23. The molecule has 3 rings (SSSR count). The van der Waals surface area contributed by atoms with Crippen molar-refractivity contribution in [1.82, 2.24) is 9.80 Å². The van der Waals surface area contributed by atoms with Crippen LogP contribution in [0.15, 0.2) is 24.3 Å². The fourth-order valence-corrected chi connectivity index (χ4v) is 5.69. The minimum absolute atomic E-state index is 0.185. The van der Waals surface area contributed by atoms with Crippen LogP contribution in [0.3, 0.4) is 0 Å². The molecule has 0 bridgehead atoms. The van der Waals surface area contributed by atoms with Gasteiger partial charge in [-0.2, -0.15) is 13.2 Å². The number of hydrogen-bond donors (Lipinski definition) is 0. The Hall–Kier alpha value is -1.70. The van der Waals surface area contributed by atoms with Crippen LogP contribution in [0.25, 0.3) is 0 Å². The van der Waals surface area contributed by atoms with Crippen LogP contribution in [0.1, 0.15) is 67.8 Å². The van der Waals surface area contributed by atoms with E-state index in [1.165, 1.54) is 12.1 Å². The number of thioether (sulfide) groups is 1. The van der Waals surface area contributed by atoms with Gasteiger partial charge in [-0.15, -0.1) is 11.8 Å². The Kier molecular flexibility index (Phi) is 7.37. The summed E-state index contributed by atoms with van der Waals surface area (Å²) in [7, 11) is 0. The van der Waals surface area contributed by atoms with Gasteiger partial charge >= 0.3 is 6.18 Å². The molecule has 166 valence electrons. The molecular weight excluding hydrogens is 413 g/mol. The number of piperidine rings is 1. The lowest BCUT2D eigenvalue weighted by Crippen LogP contribution is -2.53. The summed E-state index contributed by atoms with van der Waals surface area (Å²) in [4.78, 5) is 28.9. The number of alkyl halides is 3. The van der Waals surface area contributed by atoms with Gasteiger partial charge in [0, 0.05) is 37.4 Å². The zero-order valence-corrected chi connectivity index (χ0v) is 18.2. The van der Waals surface area contributed by atoms with Crippen LogP contribution in [-0.4, -0.2) is 51.9 Å². The standard InChI is InChI=1S/C22H29F3N2O2S/c1-2-3-4-5-6-19(28)26-13-11-21(12-14-26)27(15-16-30-21)20(29)17-7-9-18(10-8-17)22(23,24)25/h7-10H,2-6,11-16H2,1H3. The largest absolute Gasteiger partial charge is 0.416 e. The Balaban J connectivity index is 1.60. The molecule has 0 aliphatic carbocycles. The lowest BCUT2D eigenvalue weighted by atomic mass is 10.00. The maximum Gasteiger partial charge on any atom is 0.416 e. The van der Waals surface area contributed by atoms with Crippen molar-refractivity contribution in [3.63, 3.8) is 0 Å². The molecule has 2 heterocycles. The van der Waals surface area contributed by atoms with Crippen LogP contribution in [0, 0.1) is 0 Å². The summed E-state index contributed by atoms with van der Waals surface area (Å²) in [6.45, 7) is 3.96. The van der Waals surface area contributed by atoms with Crippen molar-refractivity contribution in [2.75, 3.05) is 25.4 Å². The second-order valence-corrected chi connectivity index (χ2v) is 9.47. The Morgan fingerprint density at radius 1 is 1.03 bits per heavy atom. The normalized spacial score (nSPS) is 18.8. The van der Waals surface area contributed by atoms with Crippen LogP contribution in [0.2, 0.25) is 0 Å². The van der Waals surface area contributed by atoms with Crippen LogP contribution < -0.4 is 0 Å². The number of unbranched alkanes of at least 4 members (excludes halogenated alkanes) is 3. The fraction of sp³-hybridized carbons (Fsp3) is 0.636. The van der Waals surface area contributed by atoms with E-state index in [2.05, 4.69) is 6.92 Å². The van der Waals surface area contributed by atoms with Gasteiger partial charge < -0.3 is 9.80 Å². The first-order chi connectivity index (χ1) is 14.3. The van der Waals surface area contributed by atoms with E-state index in [-0.39, 0.29) is 22.2 Å². The van der Waals surface area contributed by atoms with E-state index in [4.69, 9.17) is 0 Å². The molecule has 0 saturated carbocycles. The van der Waals surface area contributed by atoms with Crippen molar-refractivity contribution in [2.24, 2.45) is 0 Å². The van der Waals surface area contributed by atoms with Crippen LogP contribution >= 0.6 is 11.8 Å². The number of likely N-dealkylation sites (tertiary alicyclic amines) is 1. The number of carbonyl (C=O) groups excluding carboxylic acids is 2. The Morgan fingerprint density at radius 2 is 1.70 bits per heavy atom. The molecular formula is C22H29F3N2O2S. The highest BCUT2D eigenvalue weighted by Crippen LogP contribution is 2.44. The molecule has 1 aromatic carbocycles. The van der Waals surface area contributed by atoms with Crippen molar-refractivity contribution in [2.45, 2.75) is 62.9 Å². The van der Waals surface area contributed by atoms with E-state index in [9.17, 15) is 22.8 Å². The van der Waals surface area contributed by atoms with Gasteiger partial charge in [0.2, 0.25) is 5.91 Å². The smallest absolute Gasteiger partial charge is 0.342 e. The number of benzene rings is 1. The van der Waals surface area contributed by atoms with E-state index < -0.39 is 11.7 Å². The van der Waals surface area contributed by atoms with Gasteiger partial charge in [0.15, 0.2) is 0 Å². The van der Waals surface area contributed by atoms with E-state index in [0.717, 1.165) is 43.6 Å². The van der Waals surface area contributed by atoms with Gasteiger partial charge in [-0.1, -0.05) is 26.2 Å². The number of hydrogen-bond acceptors (Lipinski definition) is 3. The molecule has 4 nitrogen and oxygen atoms in total. The summed E-state index contributed by atoms with van der Waals surface area (Å²) < 4.78 is 38.4. The number of nitrogens with zero attached hydrogens (tertiary/aromatic N) is 2. The Morgan fingerprint density at radius 3 is 2.30 bits per heavy atom. The summed E-state index contributed by atoms with van der Waals surface area (Å²) in [5, 5.41) is 0. The van der Waals surface area contributed by atoms with Gasteiger partial charge in [0.25, 0.3) is 5.91 Å². The highest BCUT2D eigenvalue weighted by molar-refractivity contribution is 8.00. The van der Waals surface area contributed by atoms with Gasteiger partial charge in [0.05, 0.1) is 10.4 Å². The van der Waals surface area contributed by atoms with E-state index >= 15 is 0 Å². The minimum Gasteiger partial charge on any atom is -0.342 e. The van der Waals surface area contributed by atoms with E-state index in [0.29, 0.717) is 38.9 Å². The second-order valence-electron chi connectivity index (χ2n) is 8.02. The molecule has 30 heavy (non-hydrogen) atoms. The molecule has 0 N–H and O–H groups in total. The average molecular weight is 443 g/mol. The first-order valence-corrected chi connectivity index (χ1v) is 11.7. The van der Waals surface area contributed by atoms with Crippen molar-refractivity contribution in [3.05, 3.63) is 35.4 Å². The van der Waals surface area contributed by atoms with Gasteiger partial charge in [-0.25, -0.2) is 0 Å². The summed E-state index contributed by atoms with van der Waals surface area (Å²) in [6, 6.07) is 4.44. The molecule has 0 radical (unpaired) electrons. The molecule has 2 amide bonds. The number of carbonyl (C=O) groups is 2. The lowest BCUT2D eigenvalue weighted by molar-refractivity contribution is -0.137. The minimum atomic E-state index is -4.41. The molecule has 2 saturated heterocycles. The first-order valence-electron chi connectivity index (χ1n) is 10.7. The van der Waals surface area contributed by atoms with Crippen molar-refractivity contribution in [1.29, 1.82) is 0 Å². The van der Waals surface area contributed by atoms with Crippen molar-refractivity contribution >= 4 is 23.6 Å². The summed E-state index contributed by atoms with van der Waals surface area (Å²) in [6.07, 6.45) is 1.84. The van der Waals surface area contributed by atoms with E-state index in [1.807, 2.05) is 9.80 Å². The highest BCUT2D eigenvalue weighted by Gasteiger charge is 2.47. The van der Waals surface area contributed by atoms with Crippen LogP contribution in [0.5, 0.6) is 0 Å². The third kappa shape index (κ3) is 5.13. The van der Waals surface area contributed by atoms with Crippen molar-refractivity contribution in [3.8, 4) is 0 Å². The van der Waals surface area contributed by atoms with Crippen LogP contribution in [0.4, 0.5) is 13.2 Å². The molecule has 0 atom stereocenters. The Bertz CT molecular complexity index is 744. The predicted octanol–water partition coefficient (Wildman–Crippen LogP) is 5.18. The van der Waals surface area contributed by atoms with Gasteiger partial charge in [-0.3, -0.25) is 9.59 Å². The summed E-state index contributed by atoms with van der Waals surface area (Å²) in [5.74, 6) is 0.759.